The monoisotopic (exact) mass is 280 g/mol. The zero-order valence-electron chi connectivity index (χ0n) is 12.9. The zero-order valence-corrected chi connectivity index (χ0v) is 12.9. The fourth-order valence-electron chi connectivity index (χ4n) is 5.67. The predicted octanol–water partition coefficient (Wildman–Crippen LogP) is 4.96. The molecule has 3 aliphatic carbocycles. The Bertz CT molecular complexity index is 637. The summed E-state index contributed by atoms with van der Waals surface area (Å²) in [7, 11) is 0. The number of aryl methyl sites for hydroxylation is 1. The Kier molecular flexibility index (Phi) is 2.84. The topological polar surface area (TPSA) is 20.2 Å². The van der Waals surface area contributed by atoms with Gasteiger partial charge in [-0.1, -0.05) is 19.6 Å². The van der Waals surface area contributed by atoms with E-state index >= 15 is 0 Å². The highest BCUT2D eigenvalue weighted by Gasteiger charge is 2.52. The number of fused-ring (bicyclic) bond motifs is 5. The van der Waals surface area contributed by atoms with Gasteiger partial charge in [-0.3, -0.25) is 0 Å². The normalized spacial score (nSPS) is 37.4. The van der Waals surface area contributed by atoms with Gasteiger partial charge in [-0.05, 0) is 90.5 Å². The van der Waals surface area contributed by atoms with Crippen LogP contribution in [0.2, 0.25) is 0 Å². The van der Waals surface area contributed by atoms with Gasteiger partial charge in [-0.25, -0.2) is 0 Å². The molecule has 4 atom stereocenters. The van der Waals surface area contributed by atoms with Crippen LogP contribution in [0.5, 0.6) is 5.75 Å². The largest absolute Gasteiger partial charge is 0.508 e. The Balaban J connectivity index is 1.73. The van der Waals surface area contributed by atoms with Gasteiger partial charge in [-0.15, -0.1) is 5.73 Å². The van der Waals surface area contributed by atoms with Crippen LogP contribution in [0.4, 0.5) is 0 Å². The molecule has 2 fully saturated rings. The van der Waals surface area contributed by atoms with Crippen LogP contribution in [-0.2, 0) is 6.42 Å². The summed E-state index contributed by atoms with van der Waals surface area (Å²) in [5.41, 5.74) is 8.01. The Morgan fingerprint density at radius 2 is 2.10 bits per heavy atom. The summed E-state index contributed by atoms with van der Waals surface area (Å²) in [6.07, 6.45) is 7.49. The van der Waals surface area contributed by atoms with Crippen molar-refractivity contribution in [1.29, 1.82) is 0 Å². The number of aromatic hydroxyl groups is 1. The molecule has 3 aliphatic rings. The first-order valence-corrected chi connectivity index (χ1v) is 8.34. The van der Waals surface area contributed by atoms with Gasteiger partial charge in [0, 0.05) is 0 Å². The molecule has 1 N–H and O–H groups in total. The van der Waals surface area contributed by atoms with Gasteiger partial charge < -0.3 is 5.11 Å². The van der Waals surface area contributed by atoms with E-state index in [1.54, 1.807) is 0 Å². The Labute approximate surface area is 127 Å². The second-order valence-corrected chi connectivity index (χ2v) is 7.45. The molecule has 0 heterocycles. The second kappa shape index (κ2) is 4.52. The third kappa shape index (κ3) is 1.77. The Hall–Kier alpha value is -1.46. The highest BCUT2D eigenvalue weighted by molar-refractivity contribution is 5.40. The van der Waals surface area contributed by atoms with Gasteiger partial charge in [0.15, 0.2) is 0 Å². The summed E-state index contributed by atoms with van der Waals surface area (Å²) in [5.74, 6) is 2.75. The number of phenolic OH excluding ortho intramolecular Hbond substituents is 1. The van der Waals surface area contributed by atoms with Crippen LogP contribution in [-0.4, -0.2) is 5.11 Å². The molecule has 21 heavy (non-hydrogen) atoms. The minimum atomic E-state index is 0.358. The first-order chi connectivity index (χ1) is 10.1. The number of phenols is 1. The molecule has 110 valence electrons. The van der Waals surface area contributed by atoms with Crippen molar-refractivity contribution in [1.82, 2.24) is 0 Å². The molecule has 1 aromatic rings. The van der Waals surface area contributed by atoms with Gasteiger partial charge in [0.25, 0.3) is 0 Å². The van der Waals surface area contributed by atoms with Crippen molar-refractivity contribution < 1.29 is 5.11 Å². The van der Waals surface area contributed by atoms with Crippen molar-refractivity contribution in [3.05, 3.63) is 47.2 Å². The number of allylic oxidation sites excluding steroid dienone is 1. The second-order valence-electron chi connectivity index (χ2n) is 7.45. The van der Waals surface area contributed by atoms with E-state index in [4.69, 9.17) is 0 Å². The summed E-state index contributed by atoms with van der Waals surface area (Å²) in [4.78, 5) is 0. The van der Waals surface area contributed by atoms with Crippen LogP contribution < -0.4 is 0 Å². The average molecular weight is 280 g/mol. The fraction of sp³-hybridized carbons (Fsp3) is 0.550. The quantitative estimate of drug-likeness (QED) is 0.666. The van der Waals surface area contributed by atoms with Crippen LogP contribution >= 0.6 is 0 Å². The van der Waals surface area contributed by atoms with Gasteiger partial charge >= 0.3 is 0 Å². The Morgan fingerprint density at radius 1 is 1.24 bits per heavy atom. The predicted molar refractivity (Wildman–Crippen MR) is 85.4 cm³/mol. The summed E-state index contributed by atoms with van der Waals surface area (Å²) in [5, 5.41) is 9.72. The molecule has 0 spiro atoms. The van der Waals surface area contributed by atoms with E-state index in [0.717, 1.165) is 18.3 Å². The molecule has 1 heteroatoms. The van der Waals surface area contributed by atoms with E-state index in [1.165, 1.54) is 48.8 Å². The number of benzene rings is 1. The minimum Gasteiger partial charge on any atom is -0.508 e. The smallest absolute Gasteiger partial charge is 0.115 e. The minimum absolute atomic E-state index is 0.358. The standard InChI is InChI=1S/C20H24O/c1-3-14-5-9-19-18-7-4-13-12-15(21)6-8-16(13)17(18)10-11-20(14,19)2/h6,8,12,17-19,21H,1,4-5,7,9-11H2,2H3. The van der Waals surface area contributed by atoms with E-state index < -0.39 is 0 Å². The van der Waals surface area contributed by atoms with Gasteiger partial charge in [0.05, 0.1) is 0 Å². The molecule has 0 saturated heterocycles. The molecule has 1 aromatic carbocycles. The number of hydrogen-bond donors (Lipinski definition) is 1. The lowest BCUT2D eigenvalue weighted by Gasteiger charge is -2.49. The van der Waals surface area contributed by atoms with Crippen LogP contribution in [0, 0.1) is 17.3 Å². The van der Waals surface area contributed by atoms with Crippen molar-refractivity contribution in [2.75, 3.05) is 0 Å². The lowest BCUT2D eigenvalue weighted by atomic mass is 9.55. The van der Waals surface area contributed by atoms with E-state index in [-0.39, 0.29) is 0 Å². The van der Waals surface area contributed by atoms with E-state index in [1.807, 2.05) is 12.1 Å². The SMILES string of the molecule is C=C=C1CCC2C3CCc4cc(O)ccc4C3CCC12C. The molecule has 0 bridgehead atoms. The van der Waals surface area contributed by atoms with E-state index in [9.17, 15) is 5.11 Å². The molecule has 1 nitrogen and oxygen atoms in total. The van der Waals surface area contributed by atoms with Crippen LogP contribution in [0.3, 0.4) is 0 Å². The maximum atomic E-state index is 9.72. The molecule has 0 aromatic heterocycles. The molecule has 4 rings (SSSR count). The van der Waals surface area contributed by atoms with Crippen molar-refractivity contribution in [3.63, 3.8) is 0 Å². The summed E-state index contributed by atoms with van der Waals surface area (Å²) < 4.78 is 0. The lowest BCUT2D eigenvalue weighted by Crippen LogP contribution is -2.40. The molecule has 4 unspecified atom stereocenters. The zero-order chi connectivity index (χ0) is 14.6. The van der Waals surface area contributed by atoms with Crippen molar-refractivity contribution in [2.24, 2.45) is 17.3 Å². The van der Waals surface area contributed by atoms with Crippen molar-refractivity contribution in [2.45, 2.75) is 51.4 Å². The van der Waals surface area contributed by atoms with E-state index in [0.29, 0.717) is 17.1 Å². The highest BCUT2D eigenvalue weighted by Crippen LogP contribution is 2.62. The lowest BCUT2D eigenvalue weighted by molar-refractivity contribution is 0.0815. The van der Waals surface area contributed by atoms with E-state index in [2.05, 4.69) is 25.3 Å². The van der Waals surface area contributed by atoms with Gasteiger partial charge in [0.2, 0.25) is 0 Å². The molecule has 0 radical (unpaired) electrons. The third-order valence-electron chi connectivity index (χ3n) is 6.71. The van der Waals surface area contributed by atoms with Crippen LogP contribution in [0.25, 0.3) is 0 Å². The molecular weight excluding hydrogens is 256 g/mol. The first-order valence-electron chi connectivity index (χ1n) is 8.34. The summed E-state index contributed by atoms with van der Waals surface area (Å²) in [6.45, 7) is 6.40. The Morgan fingerprint density at radius 3 is 2.90 bits per heavy atom. The molecule has 0 amide bonds. The highest BCUT2D eigenvalue weighted by atomic mass is 16.3. The van der Waals surface area contributed by atoms with Crippen molar-refractivity contribution >= 4 is 0 Å². The maximum absolute atomic E-state index is 9.72. The average Bonchev–Trinajstić information content (AvgIpc) is 2.83. The van der Waals surface area contributed by atoms with Crippen LogP contribution in [0.1, 0.15) is 56.1 Å². The van der Waals surface area contributed by atoms with Crippen LogP contribution in [0.15, 0.2) is 36.1 Å². The first kappa shape index (κ1) is 13.2. The molecule has 0 aliphatic heterocycles. The molecule has 2 saturated carbocycles. The van der Waals surface area contributed by atoms with Crippen molar-refractivity contribution in [3.8, 4) is 5.75 Å². The number of rotatable bonds is 0. The maximum Gasteiger partial charge on any atom is 0.115 e. The third-order valence-corrected chi connectivity index (χ3v) is 6.71. The number of hydrogen-bond acceptors (Lipinski definition) is 1. The fourth-order valence-corrected chi connectivity index (χ4v) is 5.67. The van der Waals surface area contributed by atoms with Gasteiger partial charge in [0.1, 0.15) is 5.75 Å². The molecular formula is C20H24O. The van der Waals surface area contributed by atoms with Gasteiger partial charge in [-0.2, -0.15) is 0 Å². The summed E-state index contributed by atoms with van der Waals surface area (Å²) in [6, 6.07) is 6.05. The summed E-state index contributed by atoms with van der Waals surface area (Å²) >= 11 is 0.